The van der Waals surface area contributed by atoms with E-state index in [4.69, 9.17) is 5.11 Å². The molecule has 1 rings (SSSR count). The highest BCUT2D eigenvalue weighted by Crippen LogP contribution is 2.13. The summed E-state index contributed by atoms with van der Waals surface area (Å²) in [5.74, 6) is -2.97. The fourth-order valence-corrected chi connectivity index (χ4v) is 2.02. The Morgan fingerprint density at radius 2 is 2.11 bits per heavy atom. The van der Waals surface area contributed by atoms with Gasteiger partial charge in [-0.2, -0.15) is 0 Å². The van der Waals surface area contributed by atoms with Gasteiger partial charge < -0.3 is 19.4 Å². The SMILES string of the molecule is COC(=O)C(O)CNS(=O)(=O)c1ccc(C(=O)O)o1. The Kier molecular flexibility index (Phi) is 4.64. The molecule has 0 aromatic carbocycles. The van der Waals surface area contributed by atoms with Gasteiger partial charge >= 0.3 is 11.9 Å². The number of carboxylic acid groups (broad SMARTS) is 1. The first kappa shape index (κ1) is 15.1. The number of ether oxygens (including phenoxy) is 1. The molecule has 1 atom stereocenters. The molecule has 0 bridgehead atoms. The Morgan fingerprint density at radius 3 is 2.58 bits per heavy atom. The average Bonchev–Trinajstić information content (AvgIpc) is 2.85. The number of aliphatic hydroxyl groups excluding tert-OH is 1. The van der Waals surface area contributed by atoms with Crippen LogP contribution in [0.3, 0.4) is 0 Å². The molecule has 1 aromatic rings. The Bertz CT molecular complexity index is 575. The second-order valence-electron chi connectivity index (χ2n) is 3.31. The van der Waals surface area contributed by atoms with Crippen molar-refractivity contribution in [2.45, 2.75) is 11.2 Å². The second kappa shape index (κ2) is 5.82. The molecule has 0 aliphatic heterocycles. The Labute approximate surface area is 107 Å². The van der Waals surface area contributed by atoms with Crippen LogP contribution in [0.1, 0.15) is 10.6 Å². The average molecular weight is 293 g/mol. The van der Waals surface area contributed by atoms with Crippen LogP contribution in [0.2, 0.25) is 0 Å². The summed E-state index contributed by atoms with van der Waals surface area (Å²) < 4.78 is 33.9. The predicted molar refractivity (Wildman–Crippen MR) is 58.9 cm³/mol. The van der Waals surface area contributed by atoms with Crippen molar-refractivity contribution in [3.8, 4) is 0 Å². The van der Waals surface area contributed by atoms with E-state index in [-0.39, 0.29) is 0 Å². The van der Waals surface area contributed by atoms with Crippen molar-refractivity contribution in [3.05, 3.63) is 17.9 Å². The van der Waals surface area contributed by atoms with E-state index < -0.39 is 45.5 Å². The number of hydrogen-bond acceptors (Lipinski definition) is 7. The quantitative estimate of drug-likeness (QED) is 0.554. The number of carbonyl (C=O) groups excluding carboxylic acids is 1. The zero-order valence-electron chi connectivity index (χ0n) is 9.69. The molecule has 19 heavy (non-hydrogen) atoms. The van der Waals surface area contributed by atoms with Crippen molar-refractivity contribution in [3.63, 3.8) is 0 Å². The molecule has 3 N–H and O–H groups in total. The number of furan rings is 1. The van der Waals surface area contributed by atoms with Gasteiger partial charge in [-0.15, -0.1) is 0 Å². The molecule has 0 aliphatic carbocycles. The molecular weight excluding hydrogens is 282 g/mol. The smallest absolute Gasteiger partial charge is 0.371 e. The largest absolute Gasteiger partial charge is 0.475 e. The summed E-state index contributed by atoms with van der Waals surface area (Å²) >= 11 is 0. The number of esters is 1. The Balaban J connectivity index is 2.75. The summed E-state index contributed by atoms with van der Waals surface area (Å²) in [6, 6.07) is 1.91. The summed E-state index contributed by atoms with van der Waals surface area (Å²) in [5, 5.41) is 17.1. The van der Waals surface area contributed by atoms with Crippen molar-refractivity contribution in [2.24, 2.45) is 0 Å². The van der Waals surface area contributed by atoms with E-state index in [0.29, 0.717) is 0 Å². The lowest BCUT2D eigenvalue weighted by Crippen LogP contribution is -2.37. The number of aliphatic hydroxyl groups is 1. The normalized spacial score (nSPS) is 12.9. The number of hydrogen-bond donors (Lipinski definition) is 3. The fourth-order valence-electron chi connectivity index (χ4n) is 1.06. The van der Waals surface area contributed by atoms with Crippen LogP contribution in [0.25, 0.3) is 0 Å². The minimum absolute atomic E-state index is 0.547. The van der Waals surface area contributed by atoms with Gasteiger partial charge in [-0.05, 0) is 12.1 Å². The monoisotopic (exact) mass is 293 g/mol. The third-order valence-corrected chi connectivity index (χ3v) is 3.29. The molecule has 1 heterocycles. The first-order valence-corrected chi connectivity index (χ1v) is 6.35. The van der Waals surface area contributed by atoms with Crippen molar-refractivity contribution in [1.82, 2.24) is 4.72 Å². The molecule has 0 saturated heterocycles. The molecule has 10 heteroatoms. The van der Waals surface area contributed by atoms with E-state index in [0.717, 1.165) is 19.2 Å². The van der Waals surface area contributed by atoms with Crippen LogP contribution in [0.15, 0.2) is 21.6 Å². The third kappa shape index (κ3) is 3.77. The summed E-state index contributed by atoms with van der Waals surface area (Å²) in [5.41, 5.74) is 0. The number of sulfonamides is 1. The number of carboxylic acids is 1. The molecule has 106 valence electrons. The van der Waals surface area contributed by atoms with E-state index >= 15 is 0 Å². The maximum absolute atomic E-state index is 11.6. The molecule has 0 spiro atoms. The Hall–Kier alpha value is -1.91. The van der Waals surface area contributed by atoms with Crippen molar-refractivity contribution >= 4 is 22.0 Å². The van der Waals surface area contributed by atoms with Crippen LogP contribution in [-0.2, 0) is 19.6 Å². The number of aromatic carboxylic acids is 1. The fraction of sp³-hybridized carbons (Fsp3) is 0.333. The first-order chi connectivity index (χ1) is 8.77. The highest BCUT2D eigenvalue weighted by Gasteiger charge is 2.24. The van der Waals surface area contributed by atoms with Crippen molar-refractivity contribution < 1.29 is 37.4 Å². The molecule has 0 radical (unpaired) electrons. The van der Waals surface area contributed by atoms with E-state index in [1.807, 2.05) is 4.72 Å². The van der Waals surface area contributed by atoms with E-state index in [9.17, 15) is 23.1 Å². The van der Waals surface area contributed by atoms with Gasteiger partial charge in [0.1, 0.15) is 0 Å². The van der Waals surface area contributed by atoms with Crippen LogP contribution < -0.4 is 4.72 Å². The predicted octanol–water partition coefficient (Wildman–Crippen LogP) is -1.21. The molecule has 1 aromatic heterocycles. The number of nitrogens with one attached hydrogen (secondary N) is 1. The molecule has 1 unspecified atom stereocenters. The minimum Gasteiger partial charge on any atom is -0.475 e. The molecular formula is C9H11NO8S. The summed E-state index contributed by atoms with van der Waals surface area (Å²) in [6.07, 6.45) is -1.67. The minimum atomic E-state index is -4.16. The highest BCUT2D eigenvalue weighted by molar-refractivity contribution is 7.89. The molecule has 0 amide bonds. The van der Waals surface area contributed by atoms with Crippen molar-refractivity contribution in [2.75, 3.05) is 13.7 Å². The molecule has 9 nitrogen and oxygen atoms in total. The van der Waals surface area contributed by atoms with Gasteiger partial charge in [0.15, 0.2) is 6.10 Å². The first-order valence-electron chi connectivity index (χ1n) is 4.86. The van der Waals surface area contributed by atoms with Gasteiger partial charge in [-0.3, -0.25) is 0 Å². The number of carbonyl (C=O) groups is 2. The number of rotatable bonds is 6. The maximum atomic E-state index is 11.6. The van der Waals surface area contributed by atoms with Gasteiger partial charge in [-0.1, -0.05) is 0 Å². The van der Waals surface area contributed by atoms with Crippen LogP contribution in [0, 0.1) is 0 Å². The topological polar surface area (TPSA) is 143 Å². The van der Waals surface area contributed by atoms with Gasteiger partial charge in [0, 0.05) is 6.54 Å². The van der Waals surface area contributed by atoms with Crippen LogP contribution in [0.5, 0.6) is 0 Å². The van der Waals surface area contributed by atoms with Gasteiger partial charge in [0.25, 0.3) is 10.0 Å². The van der Waals surface area contributed by atoms with Crippen LogP contribution >= 0.6 is 0 Å². The summed E-state index contributed by atoms with van der Waals surface area (Å²) in [7, 11) is -3.12. The summed E-state index contributed by atoms with van der Waals surface area (Å²) in [4.78, 5) is 21.4. The standard InChI is InChI=1S/C9H11NO8S/c1-17-9(14)5(11)4-10-19(15,16)7-3-2-6(18-7)8(12)13/h2-3,5,10-11H,4H2,1H3,(H,12,13). The second-order valence-corrected chi connectivity index (χ2v) is 5.01. The number of methoxy groups -OCH3 is 1. The lowest BCUT2D eigenvalue weighted by Gasteiger charge is -2.08. The third-order valence-electron chi connectivity index (χ3n) is 2.00. The lowest BCUT2D eigenvalue weighted by molar-refractivity contribution is -0.149. The Morgan fingerprint density at radius 1 is 1.47 bits per heavy atom. The maximum Gasteiger partial charge on any atom is 0.371 e. The van der Waals surface area contributed by atoms with E-state index in [2.05, 4.69) is 9.15 Å². The summed E-state index contributed by atoms with van der Waals surface area (Å²) in [6.45, 7) is -0.627. The molecule has 0 saturated carbocycles. The van der Waals surface area contributed by atoms with E-state index in [1.54, 1.807) is 0 Å². The molecule has 0 aliphatic rings. The van der Waals surface area contributed by atoms with Crippen molar-refractivity contribution in [1.29, 1.82) is 0 Å². The van der Waals surface area contributed by atoms with E-state index in [1.165, 1.54) is 0 Å². The molecule has 0 fully saturated rings. The van der Waals surface area contributed by atoms with Gasteiger partial charge in [-0.25, -0.2) is 22.7 Å². The lowest BCUT2D eigenvalue weighted by atomic mass is 10.4. The highest BCUT2D eigenvalue weighted by atomic mass is 32.2. The van der Waals surface area contributed by atoms with Crippen LogP contribution in [0.4, 0.5) is 0 Å². The van der Waals surface area contributed by atoms with Gasteiger partial charge in [0.2, 0.25) is 10.9 Å². The zero-order valence-corrected chi connectivity index (χ0v) is 10.5. The van der Waals surface area contributed by atoms with Crippen LogP contribution in [-0.4, -0.2) is 50.3 Å². The van der Waals surface area contributed by atoms with Gasteiger partial charge in [0.05, 0.1) is 7.11 Å². The zero-order chi connectivity index (χ0) is 14.6.